The van der Waals surface area contributed by atoms with Gasteiger partial charge in [0.1, 0.15) is 6.61 Å². The van der Waals surface area contributed by atoms with Gasteiger partial charge in [-0.2, -0.15) is 4.98 Å². The second-order valence-electron chi connectivity index (χ2n) is 5.17. The maximum Gasteiger partial charge on any atom is 0.240 e. The molecule has 0 aliphatic carbocycles. The van der Waals surface area contributed by atoms with Crippen LogP contribution in [0.2, 0.25) is 5.02 Å². The summed E-state index contributed by atoms with van der Waals surface area (Å²) in [6, 6.07) is 11.0. The van der Waals surface area contributed by atoms with Crippen LogP contribution < -0.4 is 15.2 Å². The molecule has 2 N–H and O–H groups in total. The van der Waals surface area contributed by atoms with Crippen molar-refractivity contribution < 1.29 is 9.47 Å². The molecule has 1 aromatic heterocycles. The highest BCUT2D eigenvalue weighted by molar-refractivity contribution is 6.30. The van der Waals surface area contributed by atoms with Crippen molar-refractivity contribution in [1.29, 1.82) is 0 Å². The number of benzene rings is 1. The van der Waals surface area contributed by atoms with Gasteiger partial charge in [-0.05, 0) is 29.7 Å². The minimum Gasteiger partial charge on any atom is -0.476 e. The summed E-state index contributed by atoms with van der Waals surface area (Å²) in [5.74, 6) is 1.29. The van der Waals surface area contributed by atoms with Gasteiger partial charge in [-0.15, -0.1) is 0 Å². The second-order valence-corrected chi connectivity index (χ2v) is 5.60. The van der Waals surface area contributed by atoms with E-state index in [0.29, 0.717) is 41.6 Å². The Bertz CT molecular complexity index is 603. The summed E-state index contributed by atoms with van der Waals surface area (Å²) in [7, 11) is 0. The lowest BCUT2D eigenvalue weighted by Gasteiger charge is -2.12. The average molecular weight is 307 g/mol. The van der Waals surface area contributed by atoms with Crippen LogP contribution in [0.3, 0.4) is 0 Å². The predicted octanol–water partition coefficient (Wildman–Crippen LogP) is 3.93. The standard InChI is InChI=1S/C16H19ClN2O2/c1-11(2)9-21-16-14(18)6-7-15(19-16)20-10-12-4-3-5-13(17)8-12/h3-8,11H,9-10,18H2,1-2H3. The number of pyridine rings is 1. The summed E-state index contributed by atoms with van der Waals surface area (Å²) in [6.07, 6.45) is 0. The van der Waals surface area contributed by atoms with Gasteiger partial charge in [-0.25, -0.2) is 0 Å². The molecule has 2 aromatic rings. The SMILES string of the molecule is CC(C)COc1nc(OCc2cccc(Cl)c2)ccc1N. The first-order chi connectivity index (χ1) is 10.0. The fourth-order valence-corrected chi connectivity index (χ4v) is 1.87. The molecule has 0 spiro atoms. The zero-order valence-corrected chi connectivity index (χ0v) is 12.9. The minimum atomic E-state index is 0.390. The molecule has 0 aliphatic rings. The van der Waals surface area contributed by atoms with Gasteiger partial charge in [-0.3, -0.25) is 0 Å². The van der Waals surface area contributed by atoms with Crippen LogP contribution in [0.1, 0.15) is 19.4 Å². The van der Waals surface area contributed by atoms with E-state index in [1.54, 1.807) is 12.1 Å². The van der Waals surface area contributed by atoms with E-state index in [0.717, 1.165) is 5.56 Å². The van der Waals surface area contributed by atoms with E-state index in [4.69, 9.17) is 26.8 Å². The number of halogens is 1. The maximum absolute atomic E-state index is 5.94. The van der Waals surface area contributed by atoms with Gasteiger partial charge in [-0.1, -0.05) is 37.6 Å². The van der Waals surface area contributed by atoms with E-state index >= 15 is 0 Å². The summed E-state index contributed by atoms with van der Waals surface area (Å²) in [4.78, 5) is 4.28. The first kappa shape index (κ1) is 15.4. The molecule has 0 saturated carbocycles. The number of rotatable bonds is 6. The van der Waals surface area contributed by atoms with Crippen LogP contribution >= 0.6 is 11.6 Å². The molecule has 0 amide bonds. The van der Waals surface area contributed by atoms with E-state index in [1.165, 1.54) is 0 Å². The fraction of sp³-hybridized carbons (Fsp3) is 0.312. The topological polar surface area (TPSA) is 57.4 Å². The van der Waals surface area contributed by atoms with Gasteiger partial charge in [0.25, 0.3) is 0 Å². The number of anilines is 1. The van der Waals surface area contributed by atoms with Crippen molar-refractivity contribution in [3.8, 4) is 11.8 Å². The maximum atomic E-state index is 5.94. The quantitative estimate of drug-likeness (QED) is 0.878. The molecule has 0 unspecified atom stereocenters. The van der Waals surface area contributed by atoms with E-state index in [2.05, 4.69) is 18.8 Å². The van der Waals surface area contributed by atoms with Gasteiger partial charge in [0.15, 0.2) is 0 Å². The van der Waals surface area contributed by atoms with Crippen molar-refractivity contribution in [3.05, 3.63) is 47.0 Å². The highest BCUT2D eigenvalue weighted by Crippen LogP contribution is 2.23. The minimum absolute atomic E-state index is 0.390. The average Bonchev–Trinajstić information content (AvgIpc) is 2.45. The molecular formula is C16H19ClN2O2. The van der Waals surface area contributed by atoms with Gasteiger partial charge < -0.3 is 15.2 Å². The Labute approximate surface area is 129 Å². The predicted molar refractivity (Wildman–Crippen MR) is 84.8 cm³/mol. The summed E-state index contributed by atoms with van der Waals surface area (Å²) in [6.45, 7) is 5.08. The van der Waals surface area contributed by atoms with E-state index in [1.807, 2.05) is 24.3 Å². The van der Waals surface area contributed by atoms with Crippen LogP contribution in [0.25, 0.3) is 0 Å². The number of nitrogens with two attached hydrogens (primary N) is 1. The normalized spacial score (nSPS) is 10.7. The van der Waals surface area contributed by atoms with Crippen molar-refractivity contribution in [2.24, 2.45) is 5.92 Å². The number of nitrogens with zero attached hydrogens (tertiary/aromatic N) is 1. The third kappa shape index (κ3) is 4.83. The Morgan fingerprint density at radius 2 is 2.00 bits per heavy atom. The van der Waals surface area contributed by atoms with Crippen LogP contribution in [0.15, 0.2) is 36.4 Å². The molecule has 4 nitrogen and oxygen atoms in total. The molecule has 0 fully saturated rings. The van der Waals surface area contributed by atoms with E-state index in [9.17, 15) is 0 Å². The molecule has 0 aliphatic heterocycles. The smallest absolute Gasteiger partial charge is 0.240 e. The highest BCUT2D eigenvalue weighted by atomic mass is 35.5. The van der Waals surface area contributed by atoms with Gasteiger partial charge in [0, 0.05) is 11.1 Å². The molecule has 1 aromatic carbocycles. The molecule has 0 bridgehead atoms. The van der Waals surface area contributed by atoms with Crippen molar-refractivity contribution in [3.63, 3.8) is 0 Å². The largest absolute Gasteiger partial charge is 0.476 e. The van der Waals surface area contributed by atoms with Gasteiger partial charge in [0.05, 0.1) is 12.3 Å². The van der Waals surface area contributed by atoms with Crippen molar-refractivity contribution in [1.82, 2.24) is 4.98 Å². The first-order valence-electron chi connectivity index (χ1n) is 6.81. The lowest BCUT2D eigenvalue weighted by molar-refractivity contribution is 0.250. The Hall–Kier alpha value is -1.94. The summed E-state index contributed by atoms with van der Waals surface area (Å²) in [5.41, 5.74) is 7.33. The Morgan fingerprint density at radius 3 is 2.71 bits per heavy atom. The fourth-order valence-electron chi connectivity index (χ4n) is 1.66. The third-order valence-electron chi connectivity index (χ3n) is 2.69. The lowest BCUT2D eigenvalue weighted by atomic mass is 10.2. The number of aromatic nitrogens is 1. The van der Waals surface area contributed by atoms with Crippen LogP contribution in [0.4, 0.5) is 5.69 Å². The number of nitrogen functional groups attached to an aromatic ring is 1. The molecule has 5 heteroatoms. The second kappa shape index (κ2) is 7.18. The zero-order valence-electron chi connectivity index (χ0n) is 12.2. The highest BCUT2D eigenvalue weighted by Gasteiger charge is 2.07. The van der Waals surface area contributed by atoms with Gasteiger partial charge in [0.2, 0.25) is 11.8 Å². The molecule has 0 atom stereocenters. The van der Waals surface area contributed by atoms with Gasteiger partial charge >= 0.3 is 0 Å². The van der Waals surface area contributed by atoms with Crippen molar-refractivity contribution in [2.75, 3.05) is 12.3 Å². The van der Waals surface area contributed by atoms with Crippen molar-refractivity contribution in [2.45, 2.75) is 20.5 Å². The molecule has 0 saturated heterocycles. The summed E-state index contributed by atoms with van der Waals surface area (Å²) in [5, 5.41) is 0.683. The molecule has 112 valence electrons. The van der Waals surface area contributed by atoms with Crippen LogP contribution in [0, 0.1) is 5.92 Å². The third-order valence-corrected chi connectivity index (χ3v) is 2.93. The molecule has 21 heavy (non-hydrogen) atoms. The molecule has 0 radical (unpaired) electrons. The first-order valence-corrected chi connectivity index (χ1v) is 7.19. The van der Waals surface area contributed by atoms with Crippen LogP contribution in [0.5, 0.6) is 11.8 Å². The zero-order chi connectivity index (χ0) is 15.2. The van der Waals surface area contributed by atoms with E-state index < -0.39 is 0 Å². The Morgan fingerprint density at radius 1 is 1.19 bits per heavy atom. The number of hydrogen-bond donors (Lipinski definition) is 1. The molecule has 1 heterocycles. The van der Waals surface area contributed by atoms with Crippen LogP contribution in [-0.4, -0.2) is 11.6 Å². The monoisotopic (exact) mass is 306 g/mol. The lowest BCUT2D eigenvalue weighted by Crippen LogP contribution is -2.08. The van der Waals surface area contributed by atoms with Crippen LogP contribution in [-0.2, 0) is 6.61 Å². The summed E-state index contributed by atoms with van der Waals surface area (Å²) >= 11 is 5.94. The van der Waals surface area contributed by atoms with Crippen molar-refractivity contribution >= 4 is 17.3 Å². The summed E-state index contributed by atoms with van der Waals surface area (Å²) < 4.78 is 11.2. The van der Waals surface area contributed by atoms with E-state index in [-0.39, 0.29) is 0 Å². The Kier molecular flexibility index (Phi) is 5.28. The molecule has 2 rings (SSSR count). The number of hydrogen-bond acceptors (Lipinski definition) is 4. The number of ether oxygens (including phenoxy) is 2. The Balaban J connectivity index is 2.01. The molecular weight excluding hydrogens is 288 g/mol.